The third-order valence-corrected chi connectivity index (χ3v) is 9.89. The molecule has 3 aliphatic heterocycles. The molecule has 0 bridgehead atoms. The van der Waals surface area contributed by atoms with Crippen molar-refractivity contribution in [2.45, 2.75) is 57.9 Å². The molecule has 0 amide bonds. The molecular formula is C14H16F2O8S3. The smallest absolute Gasteiger partial charge is 0.463 e. The fraction of sp³-hybridized carbons (Fsp3) is 0.857. The molecule has 1 N–H and O–H groups in total. The normalized spacial score (nSPS) is 41.3. The Balaban J connectivity index is 1.35. The molecule has 1 aliphatic carbocycles. The van der Waals surface area contributed by atoms with Crippen molar-refractivity contribution in [2.24, 2.45) is 5.92 Å². The first-order chi connectivity index (χ1) is 12.5. The average molecular weight is 446 g/mol. The molecule has 3 saturated heterocycles. The van der Waals surface area contributed by atoms with Crippen molar-refractivity contribution >= 4 is 45.6 Å². The summed E-state index contributed by atoms with van der Waals surface area (Å²) in [5.41, 5.74) is -0.138. The van der Waals surface area contributed by atoms with E-state index in [0.29, 0.717) is 12.8 Å². The fourth-order valence-corrected chi connectivity index (χ4v) is 8.23. The summed E-state index contributed by atoms with van der Waals surface area (Å²) >= 11 is 3.23. The van der Waals surface area contributed by atoms with Gasteiger partial charge in [0.2, 0.25) is 0 Å². The summed E-state index contributed by atoms with van der Waals surface area (Å²) in [4.78, 5) is 23.3. The minimum Gasteiger partial charge on any atom is -0.463 e. The third-order valence-electron chi connectivity index (χ3n) is 5.21. The van der Waals surface area contributed by atoms with Crippen LogP contribution in [0.4, 0.5) is 8.78 Å². The molecule has 1 spiro atoms. The van der Waals surface area contributed by atoms with Gasteiger partial charge in [-0.25, -0.2) is 4.79 Å². The Labute approximate surface area is 161 Å². The maximum absolute atomic E-state index is 13.3. The van der Waals surface area contributed by atoms with Crippen LogP contribution in [0.15, 0.2) is 0 Å². The van der Waals surface area contributed by atoms with Crippen LogP contribution in [0.3, 0.4) is 0 Å². The van der Waals surface area contributed by atoms with Gasteiger partial charge >= 0.3 is 27.3 Å². The largest absolute Gasteiger partial charge is 0.465 e. The SMILES string of the molecule is O=C1OCC2OC3SC4(CCC(OC(=O)C(F)(F)S(=O)(=O)O)CC4)SC3C12. The lowest BCUT2D eigenvalue weighted by Gasteiger charge is -2.36. The Hall–Kier alpha value is -0.630. The number of ether oxygens (including phenoxy) is 3. The molecular weight excluding hydrogens is 430 g/mol. The number of carbonyl (C=O) groups is 2. The van der Waals surface area contributed by atoms with Crippen LogP contribution in [0.5, 0.6) is 0 Å². The lowest BCUT2D eigenvalue weighted by molar-refractivity contribution is -0.168. The van der Waals surface area contributed by atoms with Crippen LogP contribution in [0.1, 0.15) is 25.7 Å². The van der Waals surface area contributed by atoms with Crippen molar-refractivity contribution in [3.8, 4) is 0 Å². The summed E-state index contributed by atoms with van der Waals surface area (Å²) in [5, 5.41) is -5.01. The van der Waals surface area contributed by atoms with Gasteiger partial charge in [0, 0.05) is 0 Å². The Morgan fingerprint density at radius 1 is 1.30 bits per heavy atom. The van der Waals surface area contributed by atoms with Crippen LogP contribution in [0.25, 0.3) is 0 Å². The number of fused-ring (bicyclic) bond motifs is 3. The molecule has 8 nitrogen and oxygen atoms in total. The zero-order chi connectivity index (χ0) is 19.6. The molecule has 0 aromatic rings. The number of hydrogen-bond acceptors (Lipinski definition) is 9. The Kier molecular flexibility index (Phi) is 4.69. The maximum atomic E-state index is 13.3. The van der Waals surface area contributed by atoms with Gasteiger partial charge in [-0.1, -0.05) is 0 Å². The molecule has 4 fully saturated rings. The van der Waals surface area contributed by atoms with E-state index in [-0.39, 0.29) is 52.2 Å². The van der Waals surface area contributed by atoms with E-state index in [2.05, 4.69) is 4.74 Å². The van der Waals surface area contributed by atoms with Gasteiger partial charge in [-0.15, -0.1) is 23.5 Å². The predicted molar refractivity (Wildman–Crippen MR) is 89.7 cm³/mol. The molecule has 4 rings (SSSR count). The van der Waals surface area contributed by atoms with Crippen LogP contribution >= 0.6 is 23.5 Å². The number of esters is 2. The number of cyclic esters (lactones) is 1. The quantitative estimate of drug-likeness (QED) is 0.504. The first-order valence-electron chi connectivity index (χ1n) is 8.26. The fourth-order valence-electron chi connectivity index (χ4n) is 3.83. The van der Waals surface area contributed by atoms with E-state index < -0.39 is 27.4 Å². The maximum Gasteiger partial charge on any atom is 0.465 e. The second-order valence-electron chi connectivity index (χ2n) is 6.91. The highest BCUT2D eigenvalue weighted by molar-refractivity contribution is 8.22. The number of hydrogen-bond donors (Lipinski definition) is 1. The topological polar surface area (TPSA) is 116 Å². The van der Waals surface area contributed by atoms with E-state index in [9.17, 15) is 26.8 Å². The van der Waals surface area contributed by atoms with Crippen molar-refractivity contribution in [1.82, 2.24) is 0 Å². The average Bonchev–Trinajstić information content (AvgIpc) is 3.19. The molecule has 0 aromatic heterocycles. The van der Waals surface area contributed by atoms with Crippen molar-refractivity contribution < 1.29 is 45.6 Å². The van der Waals surface area contributed by atoms with Crippen LogP contribution in [0.2, 0.25) is 0 Å². The molecule has 0 aromatic carbocycles. The molecule has 1 saturated carbocycles. The van der Waals surface area contributed by atoms with Crippen molar-refractivity contribution in [3.05, 3.63) is 0 Å². The molecule has 4 atom stereocenters. The van der Waals surface area contributed by atoms with E-state index >= 15 is 0 Å². The van der Waals surface area contributed by atoms with Gasteiger partial charge in [0.15, 0.2) is 0 Å². The summed E-state index contributed by atoms with van der Waals surface area (Å²) in [6.07, 6.45) is 0.518. The van der Waals surface area contributed by atoms with E-state index in [1.54, 1.807) is 23.5 Å². The lowest BCUT2D eigenvalue weighted by Crippen LogP contribution is -2.42. The van der Waals surface area contributed by atoms with E-state index in [0.717, 1.165) is 0 Å². The summed E-state index contributed by atoms with van der Waals surface area (Å²) in [5.74, 6) is -2.82. The standard InChI is InChI=1S/C14H16F2O8S3/c15-14(16,27(19,20)21)12(18)23-6-1-3-13(4-2-6)25-9-8-7(5-22-10(8)17)24-11(9)26-13/h6-9,11H,1-5H2,(H,19,20,21). The van der Waals surface area contributed by atoms with E-state index in [4.69, 9.17) is 14.0 Å². The Morgan fingerprint density at radius 2 is 1.96 bits per heavy atom. The number of halogens is 2. The van der Waals surface area contributed by atoms with Crippen molar-refractivity contribution in [2.75, 3.05) is 6.61 Å². The highest BCUT2D eigenvalue weighted by atomic mass is 32.2. The minimum atomic E-state index is -5.87. The van der Waals surface area contributed by atoms with Crippen LogP contribution in [-0.4, -0.2) is 63.7 Å². The molecule has 4 aliphatic rings. The zero-order valence-electron chi connectivity index (χ0n) is 13.7. The molecule has 13 heteroatoms. The van der Waals surface area contributed by atoms with Crippen LogP contribution in [-0.2, 0) is 33.9 Å². The Morgan fingerprint density at radius 3 is 2.59 bits per heavy atom. The van der Waals surface area contributed by atoms with Crippen LogP contribution in [0, 0.1) is 5.92 Å². The second kappa shape index (κ2) is 6.44. The molecule has 0 radical (unpaired) electrons. The first kappa shape index (κ1) is 19.7. The number of carbonyl (C=O) groups excluding carboxylic acids is 2. The summed E-state index contributed by atoms with van der Waals surface area (Å²) in [7, 11) is -5.87. The highest BCUT2D eigenvalue weighted by Crippen LogP contribution is 2.64. The Bertz CT molecular complexity index is 764. The third kappa shape index (κ3) is 3.24. The van der Waals surface area contributed by atoms with Crippen molar-refractivity contribution in [1.29, 1.82) is 0 Å². The van der Waals surface area contributed by atoms with Gasteiger partial charge in [0.25, 0.3) is 0 Å². The summed E-state index contributed by atoms with van der Waals surface area (Å²) < 4.78 is 71.6. The highest BCUT2D eigenvalue weighted by Gasteiger charge is 2.62. The minimum absolute atomic E-state index is 0.0297. The van der Waals surface area contributed by atoms with Gasteiger partial charge in [-0.3, -0.25) is 9.35 Å². The van der Waals surface area contributed by atoms with Gasteiger partial charge in [0.1, 0.15) is 30.2 Å². The van der Waals surface area contributed by atoms with E-state index in [1.807, 2.05) is 0 Å². The molecule has 27 heavy (non-hydrogen) atoms. The molecule has 3 heterocycles. The number of thioether (sulfide) groups is 2. The molecule has 152 valence electrons. The monoisotopic (exact) mass is 446 g/mol. The summed E-state index contributed by atoms with van der Waals surface area (Å²) in [6.45, 7) is 0.268. The zero-order valence-corrected chi connectivity index (χ0v) is 16.2. The lowest BCUT2D eigenvalue weighted by atomic mass is 9.96. The van der Waals surface area contributed by atoms with Crippen LogP contribution < -0.4 is 0 Å². The predicted octanol–water partition coefficient (Wildman–Crippen LogP) is 1.40. The number of alkyl halides is 2. The molecule has 4 unspecified atom stereocenters. The van der Waals surface area contributed by atoms with Gasteiger partial charge in [-0.05, 0) is 25.7 Å². The first-order valence-corrected chi connectivity index (χ1v) is 11.5. The second-order valence-corrected chi connectivity index (χ2v) is 11.7. The van der Waals surface area contributed by atoms with Gasteiger partial charge < -0.3 is 14.2 Å². The van der Waals surface area contributed by atoms with Gasteiger partial charge in [0.05, 0.1) is 9.33 Å². The summed E-state index contributed by atoms with van der Waals surface area (Å²) in [6, 6.07) is 0. The van der Waals surface area contributed by atoms with Crippen molar-refractivity contribution in [3.63, 3.8) is 0 Å². The van der Waals surface area contributed by atoms with E-state index in [1.165, 1.54) is 0 Å². The number of rotatable bonds is 3. The van der Waals surface area contributed by atoms with Gasteiger partial charge in [-0.2, -0.15) is 17.2 Å².